The van der Waals surface area contributed by atoms with Gasteiger partial charge in [0, 0.05) is 49.8 Å². The van der Waals surface area contributed by atoms with Crippen LogP contribution < -0.4 is 15.5 Å². The van der Waals surface area contributed by atoms with Crippen LogP contribution >= 0.6 is 0 Å². The molecule has 32 heavy (non-hydrogen) atoms. The van der Waals surface area contributed by atoms with Gasteiger partial charge in [0.25, 0.3) is 5.91 Å². The molecule has 3 aliphatic rings. The first-order valence-electron chi connectivity index (χ1n) is 12.2. The Kier molecular flexibility index (Phi) is 6.26. The van der Waals surface area contributed by atoms with Crippen molar-refractivity contribution < 1.29 is 4.79 Å². The van der Waals surface area contributed by atoms with Crippen LogP contribution in [0.1, 0.15) is 49.5 Å². The minimum Gasteiger partial charge on any atom is -0.369 e. The molecule has 170 valence electrons. The van der Waals surface area contributed by atoms with E-state index >= 15 is 0 Å². The molecule has 1 amide bonds. The summed E-state index contributed by atoms with van der Waals surface area (Å²) in [4.78, 5) is 26.5. The number of aromatic nitrogens is 2. The molecule has 3 unspecified atom stereocenters. The third-order valence-corrected chi connectivity index (χ3v) is 7.34. The second-order valence-corrected chi connectivity index (χ2v) is 9.52. The third-order valence-electron chi connectivity index (χ3n) is 7.34. The standard InChI is InChI=1S/C25H34N6O/c1-2-11-30-12-14-31(15-13-30)21-7-5-20(6-8-21)27-25-26-10-9-22(29-25)24(32)28-23-17-18-3-4-19(23)16-18/h5-10,18-19,23H,2-4,11-17H2,1H3,(H,28,32)(H,26,27,29). The molecule has 2 heterocycles. The molecule has 7 heteroatoms. The van der Waals surface area contributed by atoms with E-state index in [4.69, 9.17) is 0 Å². The van der Waals surface area contributed by atoms with E-state index in [0.29, 0.717) is 23.6 Å². The predicted molar refractivity (Wildman–Crippen MR) is 127 cm³/mol. The number of anilines is 3. The molecular weight excluding hydrogens is 400 g/mol. The molecule has 2 N–H and O–H groups in total. The van der Waals surface area contributed by atoms with E-state index < -0.39 is 0 Å². The Morgan fingerprint density at radius 2 is 1.88 bits per heavy atom. The van der Waals surface area contributed by atoms with Crippen molar-refractivity contribution in [2.75, 3.05) is 42.9 Å². The molecule has 1 aromatic heterocycles. The van der Waals surface area contributed by atoms with Crippen LogP contribution in [0.15, 0.2) is 36.5 Å². The summed E-state index contributed by atoms with van der Waals surface area (Å²) in [6.07, 6.45) is 7.82. The predicted octanol–water partition coefficient (Wildman–Crippen LogP) is 3.67. The molecule has 1 saturated heterocycles. The van der Waals surface area contributed by atoms with Gasteiger partial charge in [-0.15, -0.1) is 0 Å². The van der Waals surface area contributed by atoms with Crippen LogP contribution in [-0.4, -0.2) is 59.5 Å². The maximum atomic E-state index is 12.7. The molecule has 1 aromatic carbocycles. The number of nitrogens with zero attached hydrogens (tertiary/aromatic N) is 4. The second kappa shape index (κ2) is 9.45. The number of hydrogen-bond acceptors (Lipinski definition) is 6. The van der Waals surface area contributed by atoms with E-state index in [2.05, 4.69) is 61.6 Å². The first-order valence-corrected chi connectivity index (χ1v) is 12.2. The highest BCUT2D eigenvalue weighted by Crippen LogP contribution is 2.44. The SMILES string of the molecule is CCCN1CCN(c2ccc(Nc3nccc(C(=O)NC4CC5CCC4C5)n3)cc2)CC1. The lowest BCUT2D eigenvalue weighted by molar-refractivity contribution is 0.0918. The van der Waals surface area contributed by atoms with Gasteiger partial charge in [-0.2, -0.15) is 0 Å². The van der Waals surface area contributed by atoms with Gasteiger partial charge in [-0.1, -0.05) is 13.3 Å². The number of benzene rings is 1. The summed E-state index contributed by atoms with van der Waals surface area (Å²) < 4.78 is 0. The van der Waals surface area contributed by atoms with Crippen LogP contribution in [0.5, 0.6) is 0 Å². The number of hydrogen-bond donors (Lipinski definition) is 2. The van der Waals surface area contributed by atoms with Crippen molar-refractivity contribution in [3.63, 3.8) is 0 Å². The van der Waals surface area contributed by atoms with Gasteiger partial charge in [0.15, 0.2) is 0 Å². The highest BCUT2D eigenvalue weighted by Gasteiger charge is 2.40. The maximum Gasteiger partial charge on any atom is 0.270 e. The van der Waals surface area contributed by atoms with Crippen LogP contribution in [0, 0.1) is 11.8 Å². The molecule has 7 nitrogen and oxygen atoms in total. The van der Waals surface area contributed by atoms with Crippen LogP contribution in [0.4, 0.5) is 17.3 Å². The quantitative estimate of drug-likeness (QED) is 0.693. The Labute approximate surface area is 190 Å². The van der Waals surface area contributed by atoms with Crippen molar-refractivity contribution in [1.82, 2.24) is 20.2 Å². The van der Waals surface area contributed by atoms with Gasteiger partial charge in [0.1, 0.15) is 5.69 Å². The maximum absolute atomic E-state index is 12.7. The molecule has 3 atom stereocenters. The van der Waals surface area contributed by atoms with Crippen molar-refractivity contribution in [3.8, 4) is 0 Å². The lowest BCUT2D eigenvalue weighted by atomic mass is 9.95. The average Bonchev–Trinajstić information content (AvgIpc) is 3.44. The Morgan fingerprint density at radius 3 is 2.56 bits per heavy atom. The third kappa shape index (κ3) is 4.72. The highest BCUT2D eigenvalue weighted by molar-refractivity contribution is 5.92. The van der Waals surface area contributed by atoms with E-state index in [1.807, 2.05) is 0 Å². The largest absolute Gasteiger partial charge is 0.369 e. The minimum absolute atomic E-state index is 0.0921. The van der Waals surface area contributed by atoms with E-state index in [1.54, 1.807) is 12.3 Å². The molecule has 1 aliphatic heterocycles. The van der Waals surface area contributed by atoms with E-state index in [9.17, 15) is 4.79 Å². The zero-order valence-corrected chi connectivity index (χ0v) is 19.0. The van der Waals surface area contributed by atoms with Crippen LogP contribution in [0.2, 0.25) is 0 Å². The second-order valence-electron chi connectivity index (χ2n) is 9.52. The molecule has 0 radical (unpaired) electrons. The van der Waals surface area contributed by atoms with Crippen LogP contribution in [-0.2, 0) is 0 Å². The van der Waals surface area contributed by atoms with Crippen molar-refractivity contribution in [1.29, 1.82) is 0 Å². The zero-order chi connectivity index (χ0) is 21.9. The number of piperazine rings is 1. The van der Waals surface area contributed by atoms with Gasteiger partial charge < -0.3 is 15.5 Å². The smallest absolute Gasteiger partial charge is 0.270 e. The normalized spacial score (nSPS) is 25.2. The molecule has 2 aromatic rings. The average molecular weight is 435 g/mol. The molecule has 0 spiro atoms. The topological polar surface area (TPSA) is 73.4 Å². The van der Waals surface area contributed by atoms with E-state index in [1.165, 1.54) is 37.9 Å². The lowest BCUT2D eigenvalue weighted by Crippen LogP contribution is -2.46. The molecule has 2 saturated carbocycles. The molecule has 5 rings (SSSR count). The summed E-state index contributed by atoms with van der Waals surface area (Å²) >= 11 is 0. The molecule has 2 bridgehead atoms. The lowest BCUT2D eigenvalue weighted by Gasteiger charge is -2.36. The Morgan fingerprint density at radius 1 is 1.06 bits per heavy atom. The number of amides is 1. The Balaban J connectivity index is 1.17. The highest BCUT2D eigenvalue weighted by atomic mass is 16.2. The number of nitrogens with one attached hydrogen (secondary N) is 2. The van der Waals surface area contributed by atoms with Crippen LogP contribution in [0.25, 0.3) is 0 Å². The fourth-order valence-corrected chi connectivity index (χ4v) is 5.64. The van der Waals surface area contributed by atoms with E-state index in [-0.39, 0.29) is 5.91 Å². The van der Waals surface area contributed by atoms with Crippen molar-refractivity contribution in [2.45, 2.75) is 45.1 Å². The van der Waals surface area contributed by atoms with Gasteiger partial charge in [0.2, 0.25) is 5.95 Å². The summed E-state index contributed by atoms with van der Waals surface area (Å²) in [6, 6.07) is 10.4. The first kappa shape index (κ1) is 21.2. The van der Waals surface area contributed by atoms with Gasteiger partial charge in [-0.25, -0.2) is 9.97 Å². The molecule has 2 aliphatic carbocycles. The minimum atomic E-state index is -0.0921. The molecular formula is C25H34N6O. The fourth-order valence-electron chi connectivity index (χ4n) is 5.64. The summed E-state index contributed by atoms with van der Waals surface area (Å²) in [5, 5.41) is 6.45. The van der Waals surface area contributed by atoms with Gasteiger partial charge in [-0.05, 0) is 74.4 Å². The number of carbonyl (C=O) groups is 1. The van der Waals surface area contributed by atoms with Gasteiger partial charge in [-0.3, -0.25) is 9.69 Å². The number of carbonyl (C=O) groups excluding carboxylic acids is 1. The monoisotopic (exact) mass is 434 g/mol. The number of rotatable bonds is 7. The van der Waals surface area contributed by atoms with Crippen molar-refractivity contribution in [3.05, 3.63) is 42.2 Å². The number of fused-ring (bicyclic) bond motifs is 2. The Bertz CT molecular complexity index is 924. The van der Waals surface area contributed by atoms with Crippen molar-refractivity contribution in [2.24, 2.45) is 11.8 Å². The zero-order valence-electron chi connectivity index (χ0n) is 19.0. The summed E-state index contributed by atoms with van der Waals surface area (Å²) in [6.45, 7) is 7.81. The Hall–Kier alpha value is -2.67. The van der Waals surface area contributed by atoms with Crippen molar-refractivity contribution >= 4 is 23.2 Å². The van der Waals surface area contributed by atoms with E-state index in [0.717, 1.165) is 44.2 Å². The fraction of sp³-hybridized carbons (Fsp3) is 0.560. The van der Waals surface area contributed by atoms with Crippen LogP contribution in [0.3, 0.4) is 0 Å². The van der Waals surface area contributed by atoms with Gasteiger partial charge >= 0.3 is 0 Å². The molecule has 3 fully saturated rings. The summed E-state index contributed by atoms with van der Waals surface area (Å²) in [5.41, 5.74) is 2.59. The van der Waals surface area contributed by atoms with Gasteiger partial charge in [0.05, 0.1) is 0 Å². The summed E-state index contributed by atoms with van der Waals surface area (Å²) in [7, 11) is 0. The first-order chi connectivity index (χ1) is 15.7. The summed E-state index contributed by atoms with van der Waals surface area (Å²) in [5.74, 6) is 1.81.